The van der Waals surface area contributed by atoms with Gasteiger partial charge in [0.25, 0.3) is 0 Å². The van der Waals surface area contributed by atoms with Crippen LogP contribution in [-0.2, 0) is 16.6 Å². The predicted octanol–water partition coefficient (Wildman–Crippen LogP) is 1.97. The maximum Gasteiger partial charge on any atom is 0.240 e. The summed E-state index contributed by atoms with van der Waals surface area (Å²) in [5.74, 6) is 1.12. The van der Waals surface area contributed by atoms with Gasteiger partial charge in [-0.1, -0.05) is 6.07 Å². The Labute approximate surface area is 130 Å². The molecule has 6 nitrogen and oxygen atoms in total. The van der Waals surface area contributed by atoms with E-state index in [1.165, 1.54) is 19.2 Å². The zero-order valence-electron chi connectivity index (χ0n) is 12.4. The van der Waals surface area contributed by atoms with Crippen molar-refractivity contribution in [2.75, 3.05) is 13.7 Å². The summed E-state index contributed by atoms with van der Waals surface area (Å²) in [5, 5.41) is 0. The van der Waals surface area contributed by atoms with E-state index in [0.29, 0.717) is 18.2 Å². The standard InChI is InChI=1S/C15H18N2O4S/c1-3-21-13-5-7-14(8-6-13)22(18,19)17-11-12-4-9-15(20-2)16-10-12/h4-10,17H,3,11H2,1-2H3. The molecule has 7 heteroatoms. The second kappa shape index (κ2) is 7.24. The first-order valence-electron chi connectivity index (χ1n) is 6.76. The summed E-state index contributed by atoms with van der Waals surface area (Å²) >= 11 is 0. The highest BCUT2D eigenvalue weighted by atomic mass is 32.2. The van der Waals surface area contributed by atoms with E-state index in [1.807, 2.05) is 6.92 Å². The van der Waals surface area contributed by atoms with Crippen molar-refractivity contribution in [3.63, 3.8) is 0 Å². The molecule has 1 N–H and O–H groups in total. The third kappa shape index (κ3) is 4.19. The first-order valence-corrected chi connectivity index (χ1v) is 8.25. The highest BCUT2D eigenvalue weighted by Gasteiger charge is 2.13. The molecular formula is C15H18N2O4S. The highest BCUT2D eigenvalue weighted by Crippen LogP contribution is 2.16. The molecule has 118 valence electrons. The third-order valence-corrected chi connectivity index (χ3v) is 4.34. The van der Waals surface area contributed by atoms with Crippen LogP contribution in [0.25, 0.3) is 0 Å². The van der Waals surface area contributed by atoms with Crippen LogP contribution in [0.1, 0.15) is 12.5 Å². The van der Waals surface area contributed by atoms with Crippen LogP contribution in [0.5, 0.6) is 11.6 Å². The number of nitrogens with zero attached hydrogens (tertiary/aromatic N) is 1. The van der Waals surface area contributed by atoms with E-state index in [0.717, 1.165) is 5.56 Å². The molecule has 0 saturated heterocycles. The number of rotatable bonds is 7. The molecule has 1 heterocycles. The number of hydrogen-bond donors (Lipinski definition) is 1. The Kier molecular flexibility index (Phi) is 5.35. The molecule has 0 radical (unpaired) electrons. The van der Waals surface area contributed by atoms with Gasteiger partial charge in [0, 0.05) is 18.8 Å². The van der Waals surface area contributed by atoms with E-state index < -0.39 is 10.0 Å². The number of ether oxygens (including phenoxy) is 2. The number of nitrogens with one attached hydrogen (secondary N) is 1. The molecule has 0 unspecified atom stereocenters. The number of aromatic nitrogens is 1. The normalized spacial score (nSPS) is 11.2. The quantitative estimate of drug-likeness (QED) is 0.843. The lowest BCUT2D eigenvalue weighted by molar-refractivity contribution is 0.340. The topological polar surface area (TPSA) is 77.5 Å². The number of sulfonamides is 1. The van der Waals surface area contributed by atoms with Crippen molar-refractivity contribution in [2.45, 2.75) is 18.4 Å². The molecular weight excluding hydrogens is 304 g/mol. The smallest absolute Gasteiger partial charge is 0.240 e. The summed E-state index contributed by atoms with van der Waals surface area (Å²) < 4.78 is 37.2. The Morgan fingerprint density at radius 1 is 1.14 bits per heavy atom. The lowest BCUT2D eigenvalue weighted by Gasteiger charge is -2.08. The third-order valence-electron chi connectivity index (χ3n) is 2.92. The molecule has 22 heavy (non-hydrogen) atoms. The van der Waals surface area contributed by atoms with E-state index in [1.54, 1.807) is 30.5 Å². The van der Waals surface area contributed by atoms with Crippen LogP contribution in [0, 0.1) is 0 Å². The van der Waals surface area contributed by atoms with Crippen LogP contribution in [0.4, 0.5) is 0 Å². The van der Waals surface area contributed by atoms with Gasteiger partial charge in [0.15, 0.2) is 0 Å². The zero-order chi connectivity index (χ0) is 16.0. The SMILES string of the molecule is CCOc1ccc(S(=O)(=O)NCc2ccc(OC)nc2)cc1. The summed E-state index contributed by atoms with van der Waals surface area (Å²) in [6.45, 7) is 2.57. The van der Waals surface area contributed by atoms with E-state index in [4.69, 9.17) is 9.47 Å². The number of benzene rings is 1. The Morgan fingerprint density at radius 2 is 1.86 bits per heavy atom. The van der Waals surface area contributed by atoms with Gasteiger partial charge in [-0.15, -0.1) is 0 Å². The van der Waals surface area contributed by atoms with Crippen LogP contribution in [-0.4, -0.2) is 27.1 Å². The van der Waals surface area contributed by atoms with E-state index >= 15 is 0 Å². The van der Waals surface area contributed by atoms with Gasteiger partial charge in [-0.3, -0.25) is 0 Å². The van der Waals surface area contributed by atoms with Gasteiger partial charge in [0.2, 0.25) is 15.9 Å². The number of methoxy groups -OCH3 is 1. The molecule has 1 aromatic heterocycles. The molecule has 0 amide bonds. The molecule has 2 aromatic rings. The van der Waals surface area contributed by atoms with Gasteiger partial charge < -0.3 is 9.47 Å². The van der Waals surface area contributed by atoms with Crippen molar-refractivity contribution < 1.29 is 17.9 Å². The van der Waals surface area contributed by atoms with Gasteiger partial charge in [-0.2, -0.15) is 0 Å². The Bertz CT molecular complexity index is 697. The lowest BCUT2D eigenvalue weighted by Crippen LogP contribution is -2.23. The second-order valence-electron chi connectivity index (χ2n) is 4.44. The molecule has 0 aliphatic rings. The molecule has 0 bridgehead atoms. The lowest BCUT2D eigenvalue weighted by atomic mass is 10.3. The Morgan fingerprint density at radius 3 is 2.41 bits per heavy atom. The van der Waals surface area contributed by atoms with Crippen LogP contribution in [0.2, 0.25) is 0 Å². The minimum absolute atomic E-state index is 0.159. The van der Waals surface area contributed by atoms with Gasteiger partial charge in [0.05, 0.1) is 18.6 Å². The predicted molar refractivity (Wildman–Crippen MR) is 82.4 cm³/mol. The maximum absolute atomic E-state index is 12.2. The minimum Gasteiger partial charge on any atom is -0.494 e. The van der Waals surface area contributed by atoms with Crippen LogP contribution in [0.15, 0.2) is 47.5 Å². The van der Waals surface area contributed by atoms with Crippen molar-refractivity contribution in [2.24, 2.45) is 0 Å². The molecule has 1 aromatic carbocycles. The van der Waals surface area contributed by atoms with Crippen LogP contribution in [0.3, 0.4) is 0 Å². The molecule has 0 atom stereocenters. The summed E-state index contributed by atoms with van der Waals surface area (Å²) in [5.41, 5.74) is 0.746. The van der Waals surface area contributed by atoms with Crippen molar-refractivity contribution in [3.05, 3.63) is 48.2 Å². The van der Waals surface area contributed by atoms with Crippen molar-refractivity contribution in [3.8, 4) is 11.6 Å². The molecule has 0 saturated carbocycles. The fraction of sp³-hybridized carbons (Fsp3) is 0.267. The number of pyridine rings is 1. The maximum atomic E-state index is 12.2. The summed E-state index contributed by atoms with van der Waals surface area (Å²) in [6.07, 6.45) is 1.57. The largest absolute Gasteiger partial charge is 0.494 e. The van der Waals surface area contributed by atoms with Gasteiger partial charge in [-0.05, 0) is 36.8 Å². The van der Waals surface area contributed by atoms with Crippen molar-refractivity contribution in [1.82, 2.24) is 9.71 Å². The molecule has 0 aliphatic carbocycles. The van der Waals surface area contributed by atoms with Crippen molar-refractivity contribution >= 4 is 10.0 Å². The summed E-state index contributed by atoms with van der Waals surface area (Å²) in [7, 11) is -2.05. The van der Waals surface area contributed by atoms with Crippen LogP contribution < -0.4 is 14.2 Å². The van der Waals surface area contributed by atoms with Gasteiger partial charge in [0.1, 0.15) is 5.75 Å². The summed E-state index contributed by atoms with van der Waals surface area (Å²) in [4.78, 5) is 4.22. The average molecular weight is 322 g/mol. The zero-order valence-corrected chi connectivity index (χ0v) is 13.3. The fourth-order valence-electron chi connectivity index (χ4n) is 1.78. The van der Waals surface area contributed by atoms with E-state index in [-0.39, 0.29) is 11.4 Å². The Balaban J connectivity index is 2.03. The fourth-order valence-corrected chi connectivity index (χ4v) is 2.80. The molecule has 0 aliphatic heterocycles. The molecule has 2 rings (SSSR count). The van der Waals surface area contributed by atoms with E-state index in [9.17, 15) is 8.42 Å². The van der Waals surface area contributed by atoms with Crippen molar-refractivity contribution in [1.29, 1.82) is 0 Å². The first-order chi connectivity index (χ1) is 10.5. The monoisotopic (exact) mass is 322 g/mol. The second-order valence-corrected chi connectivity index (χ2v) is 6.20. The van der Waals surface area contributed by atoms with Gasteiger partial charge in [-0.25, -0.2) is 18.1 Å². The Hall–Kier alpha value is -2.12. The average Bonchev–Trinajstić information content (AvgIpc) is 2.54. The number of hydrogen-bond acceptors (Lipinski definition) is 5. The van der Waals surface area contributed by atoms with Crippen LogP contribution >= 0.6 is 0 Å². The van der Waals surface area contributed by atoms with E-state index in [2.05, 4.69) is 9.71 Å². The van der Waals surface area contributed by atoms with Gasteiger partial charge >= 0.3 is 0 Å². The molecule has 0 fully saturated rings. The molecule has 0 spiro atoms. The summed E-state index contributed by atoms with van der Waals surface area (Å²) in [6, 6.07) is 9.73. The minimum atomic E-state index is -3.57. The highest BCUT2D eigenvalue weighted by molar-refractivity contribution is 7.89. The first kappa shape index (κ1) is 16.3.